The van der Waals surface area contributed by atoms with Crippen LogP contribution in [0.25, 0.3) is 0 Å². The summed E-state index contributed by atoms with van der Waals surface area (Å²) >= 11 is 0. The van der Waals surface area contributed by atoms with Gasteiger partial charge in [0.25, 0.3) is 0 Å². The van der Waals surface area contributed by atoms with Gasteiger partial charge in [-0.2, -0.15) is 26.3 Å². The summed E-state index contributed by atoms with van der Waals surface area (Å²) < 4.78 is 92.3. The Morgan fingerprint density at radius 2 is 1.00 bits per heavy atom. The average Bonchev–Trinajstić information content (AvgIpc) is 2.68. The molecule has 0 saturated carbocycles. The Balaban J connectivity index is 1.97. The fourth-order valence-corrected chi connectivity index (χ4v) is 3.28. The van der Waals surface area contributed by atoms with Gasteiger partial charge in [0.1, 0.15) is 0 Å². The van der Waals surface area contributed by atoms with Gasteiger partial charge in [-0.3, -0.25) is 0 Å². The summed E-state index contributed by atoms with van der Waals surface area (Å²) in [4.78, 5) is 1.45. The van der Waals surface area contributed by atoms with E-state index in [0.29, 0.717) is 12.2 Å². The van der Waals surface area contributed by atoms with Crippen LogP contribution in [-0.4, -0.2) is 22.9 Å². The Morgan fingerprint density at radius 1 is 0.621 bits per heavy atom. The summed E-state index contributed by atoms with van der Waals surface area (Å²) in [6.45, 7) is 0. The van der Waals surface area contributed by atoms with E-state index in [1.165, 1.54) is 4.90 Å². The maximum atomic E-state index is 14.3. The standard InChI is InChI=1S/C21H16F7N/c22-19(20(23,24)25,21(26,27)28)17-11-13-29(14-12-17)18(15-7-3-1-4-8-15)16-9-5-2-6-10-16/h1-14,17-18H. The minimum atomic E-state index is -6.11. The summed E-state index contributed by atoms with van der Waals surface area (Å²) in [5.41, 5.74) is -3.83. The van der Waals surface area contributed by atoms with Crippen molar-refractivity contribution in [1.29, 1.82) is 0 Å². The van der Waals surface area contributed by atoms with Gasteiger partial charge in [0.2, 0.25) is 0 Å². The van der Waals surface area contributed by atoms with Crippen molar-refractivity contribution in [3.05, 3.63) is 96.3 Å². The van der Waals surface area contributed by atoms with Crippen LogP contribution in [0.3, 0.4) is 0 Å². The highest BCUT2D eigenvalue weighted by molar-refractivity contribution is 5.34. The maximum Gasteiger partial charge on any atom is 0.432 e. The summed E-state index contributed by atoms with van der Waals surface area (Å²) in [5, 5.41) is 0. The van der Waals surface area contributed by atoms with Crippen LogP contribution >= 0.6 is 0 Å². The van der Waals surface area contributed by atoms with E-state index in [-0.39, 0.29) is 0 Å². The fraction of sp³-hybridized carbons (Fsp3) is 0.238. The predicted molar refractivity (Wildman–Crippen MR) is 94.3 cm³/mol. The Labute approximate surface area is 162 Å². The summed E-state index contributed by atoms with van der Waals surface area (Å²) in [5.74, 6) is -2.52. The van der Waals surface area contributed by atoms with Crippen molar-refractivity contribution in [2.75, 3.05) is 0 Å². The van der Waals surface area contributed by atoms with Crippen molar-refractivity contribution in [3.63, 3.8) is 0 Å². The van der Waals surface area contributed by atoms with Crippen LogP contribution in [0.1, 0.15) is 17.2 Å². The van der Waals surface area contributed by atoms with Crippen LogP contribution in [0.4, 0.5) is 30.7 Å². The number of nitrogens with zero attached hydrogens (tertiary/aromatic N) is 1. The molecule has 0 spiro atoms. The summed E-state index contributed by atoms with van der Waals surface area (Å²) in [6, 6.07) is 17.3. The lowest BCUT2D eigenvalue weighted by atomic mass is 9.86. The first-order valence-electron chi connectivity index (χ1n) is 8.62. The van der Waals surface area contributed by atoms with Crippen molar-refractivity contribution in [2.45, 2.75) is 24.1 Å². The van der Waals surface area contributed by atoms with Crippen LogP contribution in [-0.2, 0) is 0 Å². The van der Waals surface area contributed by atoms with Crippen LogP contribution < -0.4 is 0 Å². The number of hydrogen-bond donors (Lipinski definition) is 0. The van der Waals surface area contributed by atoms with E-state index >= 15 is 0 Å². The molecule has 0 amide bonds. The second-order valence-electron chi connectivity index (χ2n) is 6.59. The van der Waals surface area contributed by atoms with Crippen LogP contribution in [0.5, 0.6) is 0 Å². The topological polar surface area (TPSA) is 3.24 Å². The zero-order chi connectivity index (χ0) is 21.3. The van der Waals surface area contributed by atoms with Crippen molar-refractivity contribution in [1.82, 2.24) is 4.90 Å². The average molecular weight is 415 g/mol. The highest BCUT2D eigenvalue weighted by atomic mass is 19.4. The first-order valence-corrected chi connectivity index (χ1v) is 8.62. The lowest BCUT2D eigenvalue weighted by molar-refractivity contribution is -0.349. The number of allylic oxidation sites excluding steroid dienone is 2. The second kappa shape index (κ2) is 7.57. The van der Waals surface area contributed by atoms with E-state index in [1.807, 2.05) is 0 Å². The Kier molecular flexibility index (Phi) is 5.47. The Hall–Kier alpha value is -2.77. The van der Waals surface area contributed by atoms with Crippen LogP contribution in [0, 0.1) is 5.92 Å². The molecular formula is C21H16F7N. The highest BCUT2D eigenvalue weighted by Crippen LogP contribution is 2.52. The number of rotatable bonds is 4. The zero-order valence-corrected chi connectivity index (χ0v) is 14.8. The molecule has 0 radical (unpaired) electrons. The van der Waals surface area contributed by atoms with E-state index in [2.05, 4.69) is 0 Å². The maximum absolute atomic E-state index is 14.3. The van der Waals surface area contributed by atoms with Gasteiger partial charge >= 0.3 is 18.0 Å². The van der Waals surface area contributed by atoms with Gasteiger partial charge in [-0.05, 0) is 11.1 Å². The van der Waals surface area contributed by atoms with Crippen molar-refractivity contribution < 1.29 is 30.7 Å². The van der Waals surface area contributed by atoms with Gasteiger partial charge in [-0.15, -0.1) is 0 Å². The molecule has 0 N–H and O–H groups in total. The molecule has 29 heavy (non-hydrogen) atoms. The first-order chi connectivity index (χ1) is 13.6. The second-order valence-corrected chi connectivity index (χ2v) is 6.59. The van der Waals surface area contributed by atoms with E-state index in [9.17, 15) is 30.7 Å². The van der Waals surface area contributed by atoms with Gasteiger partial charge < -0.3 is 4.90 Å². The van der Waals surface area contributed by atoms with Crippen LogP contribution in [0.2, 0.25) is 0 Å². The normalized spacial score (nSPS) is 15.9. The summed E-state index contributed by atoms with van der Waals surface area (Å²) in [7, 11) is 0. The van der Waals surface area contributed by atoms with Crippen molar-refractivity contribution >= 4 is 0 Å². The number of hydrogen-bond acceptors (Lipinski definition) is 1. The molecular weight excluding hydrogens is 399 g/mol. The first kappa shape index (κ1) is 21.0. The highest BCUT2D eigenvalue weighted by Gasteiger charge is 2.75. The predicted octanol–water partition coefficient (Wildman–Crippen LogP) is 6.57. The Morgan fingerprint density at radius 3 is 1.34 bits per heavy atom. The molecule has 0 aliphatic carbocycles. The van der Waals surface area contributed by atoms with Gasteiger partial charge in [-0.25, -0.2) is 4.39 Å². The molecule has 0 bridgehead atoms. The lowest BCUT2D eigenvalue weighted by Crippen LogP contribution is -2.57. The molecule has 1 aliphatic rings. The van der Waals surface area contributed by atoms with Crippen LogP contribution in [0.15, 0.2) is 85.2 Å². The summed E-state index contributed by atoms with van der Waals surface area (Å²) in [6.07, 6.45) is -8.90. The number of halogens is 7. The van der Waals surface area contributed by atoms with Gasteiger partial charge in [-0.1, -0.05) is 72.8 Å². The molecule has 1 heterocycles. The third kappa shape index (κ3) is 3.88. The van der Waals surface area contributed by atoms with E-state index < -0.39 is 30.0 Å². The fourth-order valence-electron chi connectivity index (χ4n) is 3.28. The molecule has 0 unspecified atom stereocenters. The molecule has 154 valence electrons. The van der Waals surface area contributed by atoms with Gasteiger partial charge in [0, 0.05) is 12.4 Å². The monoisotopic (exact) mass is 415 g/mol. The largest absolute Gasteiger partial charge is 0.432 e. The molecule has 1 aliphatic heterocycles. The third-order valence-corrected chi connectivity index (χ3v) is 4.74. The molecule has 8 heteroatoms. The minimum absolute atomic E-state index is 0.503. The molecule has 2 aromatic carbocycles. The zero-order valence-electron chi connectivity index (χ0n) is 14.8. The van der Waals surface area contributed by atoms with Crippen molar-refractivity contribution in [3.8, 4) is 0 Å². The minimum Gasteiger partial charge on any atom is -0.343 e. The molecule has 0 saturated heterocycles. The quantitative estimate of drug-likeness (QED) is 0.511. The molecule has 0 aromatic heterocycles. The molecule has 1 nitrogen and oxygen atoms in total. The number of benzene rings is 2. The van der Waals surface area contributed by atoms with Gasteiger partial charge in [0.05, 0.1) is 12.0 Å². The molecule has 3 rings (SSSR count). The molecule has 0 atom stereocenters. The molecule has 0 fully saturated rings. The van der Waals surface area contributed by atoms with E-state index in [1.54, 1.807) is 60.7 Å². The van der Waals surface area contributed by atoms with Gasteiger partial charge in [0.15, 0.2) is 0 Å². The molecule has 2 aromatic rings. The Bertz CT molecular complexity index is 802. The third-order valence-electron chi connectivity index (χ3n) is 4.74. The smallest absolute Gasteiger partial charge is 0.343 e. The lowest BCUT2D eigenvalue weighted by Gasteiger charge is -2.37. The number of alkyl halides is 7. The SMILES string of the molecule is FC(F)(F)C(F)(C1C=CN(C(c2ccccc2)c2ccccc2)C=C1)C(F)(F)F. The van der Waals surface area contributed by atoms with Crippen molar-refractivity contribution in [2.24, 2.45) is 5.92 Å². The van der Waals surface area contributed by atoms with E-state index in [0.717, 1.165) is 23.5 Å². The van der Waals surface area contributed by atoms with E-state index in [4.69, 9.17) is 0 Å².